The van der Waals surface area contributed by atoms with Gasteiger partial charge in [0.05, 0.1) is 31.0 Å². The number of aryl methyl sites for hydroxylation is 1. The van der Waals surface area contributed by atoms with E-state index < -0.39 is 0 Å². The van der Waals surface area contributed by atoms with Crippen LogP contribution in [-0.2, 0) is 9.47 Å². The van der Waals surface area contributed by atoms with Crippen LogP contribution in [0, 0.1) is 6.92 Å². The Labute approximate surface area is 193 Å². The molecular formula is C24H31N5O4. The van der Waals surface area contributed by atoms with Crippen molar-refractivity contribution in [3.8, 4) is 17.6 Å². The first-order chi connectivity index (χ1) is 16.0. The Balaban J connectivity index is 1.39. The Morgan fingerprint density at radius 3 is 2.64 bits per heavy atom. The summed E-state index contributed by atoms with van der Waals surface area (Å²) in [6.45, 7) is 8.38. The average Bonchev–Trinajstić information content (AvgIpc) is 3.18. The third-order valence-electron chi connectivity index (χ3n) is 5.96. The standard InChI is InChI=1S/C24H31N5O4/c1-15(2)32-20-10-19-17(9-16(20)3)12-25-29(19)22-11-21(26-24(27-22)30-4)28-13-18(14-28)33-23-7-5-6-8-31-23/h9-12,15,18,23H,5-8,13-14H2,1-4H3. The van der Waals surface area contributed by atoms with E-state index in [2.05, 4.69) is 26.0 Å². The van der Waals surface area contributed by atoms with Gasteiger partial charge in [0.1, 0.15) is 11.6 Å². The van der Waals surface area contributed by atoms with Crippen LogP contribution in [0.1, 0.15) is 38.7 Å². The number of anilines is 1. The van der Waals surface area contributed by atoms with Crippen LogP contribution in [0.2, 0.25) is 0 Å². The van der Waals surface area contributed by atoms with E-state index in [-0.39, 0.29) is 18.5 Å². The number of rotatable bonds is 7. The Bertz CT molecular complexity index is 1120. The van der Waals surface area contributed by atoms with E-state index in [1.54, 1.807) is 11.8 Å². The van der Waals surface area contributed by atoms with Crippen LogP contribution in [0.5, 0.6) is 11.8 Å². The Morgan fingerprint density at radius 1 is 1.09 bits per heavy atom. The molecule has 5 rings (SSSR count). The van der Waals surface area contributed by atoms with Crippen LogP contribution in [0.25, 0.3) is 16.7 Å². The summed E-state index contributed by atoms with van der Waals surface area (Å²) in [6, 6.07) is 6.34. The van der Waals surface area contributed by atoms with Crippen molar-refractivity contribution in [3.63, 3.8) is 0 Å². The minimum absolute atomic E-state index is 0.0810. The van der Waals surface area contributed by atoms with Gasteiger partial charge in [-0.25, -0.2) is 4.68 Å². The highest BCUT2D eigenvalue weighted by atomic mass is 16.7. The molecule has 1 unspecified atom stereocenters. The van der Waals surface area contributed by atoms with Gasteiger partial charge in [-0.1, -0.05) is 0 Å². The SMILES string of the molecule is COc1nc(N2CC(OC3CCCCO3)C2)cc(-n2ncc3cc(C)c(OC(C)C)cc32)n1. The molecule has 3 aromatic rings. The fraction of sp³-hybridized carbons (Fsp3) is 0.542. The molecule has 0 N–H and O–H groups in total. The smallest absolute Gasteiger partial charge is 0.320 e. The van der Waals surface area contributed by atoms with Gasteiger partial charge in [-0.15, -0.1) is 0 Å². The molecule has 0 aliphatic carbocycles. The first kappa shape index (κ1) is 21.9. The lowest BCUT2D eigenvalue weighted by atomic mass is 10.1. The van der Waals surface area contributed by atoms with Crippen molar-refractivity contribution in [2.75, 3.05) is 31.7 Å². The monoisotopic (exact) mass is 453 g/mol. The molecule has 9 nitrogen and oxygen atoms in total. The Kier molecular flexibility index (Phi) is 6.07. The van der Waals surface area contributed by atoms with Crippen LogP contribution in [0.3, 0.4) is 0 Å². The summed E-state index contributed by atoms with van der Waals surface area (Å²) in [6.07, 6.45) is 5.24. The van der Waals surface area contributed by atoms with E-state index in [4.69, 9.17) is 18.9 Å². The van der Waals surface area contributed by atoms with E-state index in [1.807, 2.05) is 39.1 Å². The molecule has 0 bridgehead atoms. The number of nitrogens with zero attached hydrogens (tertiary/aromatic N) is 5. The maximum atomic E-state index is 6.08. The largest absolute Gasteiger partial charge is 0.491 e. The predicted octanol–water partition coefficient (Wildman–Crippen LogP) is 3.65. The van der Waals surface area contributed by atoms with Gasteiger partial charge < -0.3 is 23.8 Å². The van der Waals surface area contributed by atoms with Gasteiger partial charge in [-0.3, -0.25) is 0 Å². The molecule has 1 atom stereocenters. The maximum absolute atomic E-state index is 6.08. The number of ether oxygens (including phenoxy) is 4. The molecule has 2 aromatic heterocycles. The predicted molar refractivity (Wildman–Crippen MR) is 124 cm³/mol. The van der Waals surface area contributed by atoms with E-state index >= 15 is 0 Å². The van der Waals surface area contributed by atoms with Gasteiger partial charge >= 0.3 is 6.01 Å². The molecule has 0 radical (unpaired) electrons. The van der Waals surface area contributed by atoms with Crippen LogP contribution >= 0.6 is 0 Å². The molecule has 4 heterocycles. The second-order valence-corrected chi connectivity index (χ2v) is 8.93. The van der Waals surface area contributed by atoms with Crippen LogP contribution in [-0.4, -0.2) is 65.1 Å². The number of methoxy groups -OCH3 is 1. The van der Waals surface area contributed by atoms with Gasteiger partial charge in [-0.2, -0.15) is 15.1 Å². The van der Waals surface area contributed by atoms with Crippen molar-refractivity contribution < 1.29 is 18.9 Å². The van der Waals surface area contributed by atoms with Gasteiger partial charge in [0, 0.05) is 37.2 Å². The quantitative estimate of drug-likeness (QED) is 0.536. The first-order valence-electron chi connectivity index (χ1n) is 11.6. The van der Waals surface area contributed by atoms with Crippen molar-refractivity contribution in [1.29, 1.82) is 0 Å². The molecule has 2 aliphatic rings. The normalized spacial score (nSPS) is 19.2. The lowest BCUT2D eigenvalue weighted by Crippen LogP contribution is -2.54. The van der Waals surface area contributed by atoms with Gasteiger partial charge in [0.25, 0.3) is 0 Å². The van der Waals surface area contributed by atoms with Crippen LogP contribution < -0.4 is 14.4 Å². The zero-order chi connectivity index (χ0) is 22.9. The highest BCUT2D eigenvalue weighted by Gasteiger charge is 2.32. The highest BCUT2D eigenvalue weighted by Crippen LogP contribution is 2.30. The summed E-state index contributed by atoms with van der Waals surface area (Å²) in [5, 5.41) is 5.62. The van der Waals surface area contributed by atoms with E-state index in [9.17, 15) is 0 Å². The number of aromatic nitrogens is 4. The van der Waals surface area contributed by atoms with Crippen molar-refractivity contribution in [1.82, 2.24) is 19.7 Å². The highest BCUT2D eigenvalue weighted by molar-refractivity contribution is 5.83. The summed E-state index contributed by atoms with van der Waals surface area (Å²) in [5.74, 6) is 2.27. The molecule has 33 heavy (non-hydrogen) atoms. The summed E-state index contributed by atoms with van der Waals surface area (Å²) in [4.78, 5) is 11.3. The molecule has 176 valence electrons. The van der Waals surface area contributed by atoms with E-state index in [1.165, 1.54) is 0 Å². The average molecular weight is 454 g/mol. The summed E-state index contributed by atoms with van der Waals surface area (Å²) in [5.41, 5.74) is 1.99. The summed E-state index contributed by atoms with van der Waals surface area (Å²) in [7, 11) is 1.57. The molecule has 0 saturated carbocycles. The molecule has 0 amide bonds. The first-order valence-corrected chi connectivity index (χ1v) is 11.6. The fourth-order valence-electron chi connectivity index (χ4n) is 4.24. The molecular weight excluding hydrogens is 422 g/mol. The molecule has 2 saturated heterocycles. The lowest BCUT2D eigenvalue weighted by Gasteiger charge is -2.41. The Morgan fingerprint density at radius 2 is 1.91 bits per heavy atom. The minimum Gasteiger partial charge on any atom is -0.491 e. The molecule has 0 spiro atoms. The number of hydrogen-bond donors (Lipinski definition) is 0. The summed E-state index contributed by atoms with van der Waals surface area (Å²) >= 11 is 0. The zero-order valence-corrected chi connectivity index (χ0v) is 19.7. The van der Waals surface area contributed by atoms with Gasteiger partial charge in [-0.05, 0) is 51.7 Å². The third-order valence-corrected chi connectivity index (χ3v) is 5.96. The van der Waals surface area contributed by atoms with Crippen LogP contribution in [0.4, 0.5) is 5.82 Å². The van der Waals surface area contributed by atoms with E-state index in [0.717, 1.165) is 67.0 Å². The molecule has 9 heteroatoms. The van der Waals surface area contributed by atoms with Crippen LogP contribution in [0.15, 0.2) is 24.4 Å². The fourth-order valence-corrected chi connectivity index (χ4v) is 4.24. The molecule has 1 aromatic carbocycles. The third kappa shape index (κ3) is 4.60. The zero-order valence-electron chi connectivity index (χ0n) is 19.7. The van der Waals surface area contributed by atoms with Crippen molar-refractivity contribution >= 4 is 16.7 Å². The molecule has 2 fully saturated rings. The molecule has 2 aliphatic heterocycles. The van der Waals surface area contributed by atoms with Crippen molar-refractivity contribution in [2.24, 2.45) is 0 Å². The summed E-state index contributed by atoms with van der Waals surface area (Å²) < 4.78 is 25.0. The van der Waals surface area contributed by atoms with Crippen molar-refractivity contribution in [3.05, 3.63) is 30.0 Å². The number of benzene rings is 1. The Hall–Kier alpha value is -2.91. The number of hydrogen-bond acceptors (Lipinski definition) is 8. The van der Waals surface area contributed by atoms with Crippen molar-refractivity contribution in [2.45, 2.75) is 58.5 Å². The minimum atomic E-state index is -0.0810. The van der Waals surface area contributed by atoms with Gasteiger partial charge in [0.2, 0.25) is 0 Å². The second-order valence-electron chi connectivity index (χ2n) is 8.93. The second kappa shape index (κ2) is 9.15. The van der Waals surface area contributed by atoms with Gasteiger partial charge in [0.15, 0.2) is 12.1 Å². The lowest BCUT2D eigenvalue weighted by molar-refractivity contribution is -0.191. The number of fused-ring (bicyclic) bond motifs is 1. The topological polar surface area (TPSA) is 83.8 Å². The maximum Gasteiger partial charge on any atom is 0.320 e. The van der Waals surface area contributed by atoms with E-state index in [0.29, 0.717) is 11.8 Å².